The molecule has 0 radical (unpaired) electrons. The van der Waals surface area contributed by atoms with Gasteiger partial charge in [-0.05, 0) is 12.1 Å². The molecule has 0 atom stereocenters. The van der Waals surface area contributed by atoms with E-state index in [1.807, 2.05) is 0 Å². The molecule has 0 saturated carbocycles. The van der Waals surface area contributed by atoms with Gasteiger partial charge in [-0.2, -0.15) is 10.2 Å². The fourth-order valence-corrected chi connectivity index (χ4v) is 1.51. The van der Waals surface area contributed by atoms with Gasteiger partial charge in [0.05, 0.1) is 5.69 Å². The third-order valence-corrected chi connectivity index (χ3v) is 2.32. The normalized spacial score (nSPS) is 10.2. The van der Waals surface area contributed by atoms with Gasteiger partial charge in [-0.25, -0.2) is 18.2 Å². The van der Waals surface area contributed by atoms with Crippen molar-refractivity contribution < 1.29 is 13.2 Å². The van der Waals surface area contributed by atoms with E-state index in [4.69, 9.17) is 16.7 Å². The smallest absolute Gasteiger partial charge is 0.222 e. The summed E-state index contributed by atoms with van der Waals surface area (Å²) in [4.78, 5) is 7.25. The Hall–Kier alpha value is -2.82. The van der Waals surface area contributed by atoms with Crippen LogP contribution in [0, 0.1) is 28.8 Å². The van der Waals surface area contributed by atoms with Gasteiger partial charge in [0, 0.05) is 5.56 Å². The van der Waals surface area contributed by atoms with Crippen LogP contribution in [-0.2, 0) is 0 Å². The van der Waals surface area contributed by atoms with Gasteiger partial charge in [0.15, 0.2) is 17.5 Å². The lowest BCUT2D eigenvalue weighted by Crippen LogP contribution is -2.05. The molecule has 0 amide bonds. The fraction of sp³-hybridized carbons (Fsp3) is 0. The Morgan fingerprint density at radius 2 is 1.63 bits per heavy atom. The number of anilines is 2. The molecule has 1 aromatic heterocycles. The second kappa shape index (κ2) is 4.45. The van der Waals surface area contributed by atoms with Gasteiger partial charge < -0.3 is 11.5 Å². The third-order valence-electron chi connectivity index (χ3n) is 2.32. The van der Waals surface area contributed by atoms with Crippen LogP contribution in [0.3, 0.4) is 0 Å². The standard InChI is InChI=1S/C11H6F3N5/c12-6-1-4(2-7(13)8(6)14)9-5(3-15)10(16)19-11(17)18-9/h1-2H,(H4,16,17,18,19). The van der Waals surface area contributed by atoms with Crippen molar-refractivity contribution in [3.05, 3.63) is 35.1 Å². The lowest BCUT2D eigenvalue weighted by Gasteiger charge is -2.07. The maximum Gasteiger partial charge on any atom is 0.222 e. The maximum absolute atomic E-state index is 13.2. The summed E-state index contributed by atoms with van der Waals surface area (Å²) in [7, 11) is 0. The molecular weight excluding hydrogens is 259 g/mol. The van der Waals surface area contributed by atoms with E-state index in [9.17, 15) is 13.2 Å². The molecule has 5 nitrogen and oxygen atoms in total. The summed E-state index contributed by atoms with van der Waals surface area (Å²) >= 11 is 0. The van der Waals surface area contributed by atoms with Crippen LogP contribution in [0.4, 0.5) is 24.9 Å². The Morgan fingerprint density at radius 1 is 1.05 bits per heavy atom. The van der Waals surface area contributed by atoms with Crippen LogP contribution in [0.25, 0.3) is 11.3 Å². The summed E-state index contributed by atoms with van der Waals surface area (Å²) in [5, 5.41) is 8.93. The highest BCUT2D eigenvalue weighted by Crippen LogP contribution is 2.27. The van der Waals surface area contributed by atoms with Crippen LogP contribution in [-0.4, -0.2) is 9.97 Å². The van der Waals surface area contributed by atoms with E-state index in [0.717, 1.165) is 0 Å². The van der Waals surface area contributed by atoms with E-state index in [1.54, 1.807) is 6.07 Å². The summed E-state index contributed by atoms with van der Waals surface area (Å²) in [6, 6.07) is 3.09. The Balaban J connectivity index is 2.76. The number of nitrogens with two attached hydrogens (primary N) is 2. The van der Waals surface area contributed by atoms with E-state index in [1.165, 1.54) is 0 Å². The monoisotopic (exact) mass is 265 g/mol. The van der Waals surface area contributed by atoms with Crippen LogP contribution in [0.5, 0.6) is 0 Å². The molecular formula is C11H6F3N5. The first-order valence-corrected chi connectivity index (χ1v) is 4.92. The largest absolute Gasteiger partial charge is 0.382 e. The van der Waals surface area contributed by atoms with Gasteiger partial charge in [-0.15, -0.1) is 0 Å². The average Bonchev–Trinajstić information content (AvgIpc) is 2.34. The van der Waals surface area contributed by atoms with Crippen LogP contribution in [0.2, 0.25) is 0 Å². The number of nitrogen functional groups attached to an aromatic ring is 2. The van der Waals surface area contributed by atoms with E-state index in [2.05, 4.69) is 9.97 Å². The molecule has 0 bridgehead atoms. The number of nitriles is 1. The molecule has 1 heterocycles. The Labute approximate surface area is 105 Å². The van der Waals surface area contributed by atoms with Gasteiger partial charge in [0.2, 0.25) is 5.95 Å². The molecule has 1 aromatic carbocycles. The highest BCUT2D eigenvalue weighted by molar-refractivity contribution is 5.73. The summed E-state index contributed by atoms with van der Waals surface area (Å²) in [5.74, 6) is -4.92. The minimum atomic E-state index is -1.61. The molecule has 96 valence electrons. The minimum absolute atomic E-state index is 0.159. The minimum Gasteiger partial charge on any atom is -0.382 e. The number of benzene rings is 1. The van der Waals surface area contributed by atoms with E-state index < -0.39 is 17.5 Å². The van der Waals surface area contributed by atoms with Crippen molar-refractivity contribution in [3.8, 4) is 17.3 Å². The zero-order chi connectivity index (χ0) is 14.2. The molecule has 19 heavy (non-hydrogen) atoms. The van der Waals surface area contributed by atoms with Crippen LogP contribution >= 0.6 is 0 Å². The molecule has 0 aliphatic rings. The van der Waals surface area contributed by atoms with E-state index in [-0.39, 0.29) is 28.6 Å². The highest BCUT2D eigenvalue weighted by Gasteiger charge is 2.17. The van der Waals surface area contributed by atoms with Gasteiger partial charge in [0.25, 0.3) is 0 Å². The zero-order valence-corrected chi connectivity index (χ0v) is 9.28. The molecule has 2 aromatic rings. The fourth-order valence-electron chi connectivity index (χ4n) is 1.51. The number of aromatic nitrogens is 2. The predicted molar refractivity (Wildman–Crippen MR) is 60.9 cm³/mol. The van der Waals surface area contributed by atoms with Gasteiger partial charge >= 0.3 is 0 Å². The molecule has 4 N–H and O–H groups in total. The summed E-state index contributed by atoms with van der Waals surface area (Å²) in [6.45, 7) is 0. The SMILES string of the molecule is N#Cc1c(N)nc(N)nc1-c1cc(F)c(F)c(F)c1. The van der Waals surface area contributed by atoms with Gasteiger partial charge in [0.1, 0.15) is 17.5 Å². The summed E-state index contributed by atoms with van der Waals surface area (Å²) in [6.07, 6.45) is 0. The number of halogens is 3. The molecule has 0 aliphatic heterocycles. The van der Waals surface area contributed by atoms with Crippen molar-refractivity contribution in [2.75, 3.05) is 11.5 Å². The number of rotatable bonds is 1. The first-order chi connectivity index (χ1) is 8.93. The van der Waals surface area contributed by atoms with Crippen LogP contribution in [0.1, 0.15) is 5.56 Å². The van der Waals surface area contributed by atoms with Crippen molar-refractivity contribution in [3.63, 3.8) is 0 Å². The number of nitrogens with zero attached hydrogens (tertiary/aromatic N) is 3. The van der Waals surface area contributed by atoms with Crippen molar-refractivity contribution in [1.82, 2.24) is 9.97 Å². The molecule has 0 aliphatic carbocycles. The van der Waals surface area contributed by atoms with E-state index in [0.29, 0.717) is 12.1 Å². The second-order valence-electron chi connectivity index (χ2n) is 3.56. The Morgan fingerprint density at radius 3 is 2.16 bits per heavy atom. The third kappa shape index (κ3) is 2.13. The zero-order valence-electron chi connectivity index (χ0n) is 9.28. The van der Waals surface area contributed by atoms with Crippen molar-refractivity contribution >= 4 is 11.8 Å². The summed E-state index contributed by atoms with van der Waals surface area (Å²) < 4.78 is 39.2. The van der Waals surface area contributed by atoms with Crippen molar-refractivity contribution in [1.29, 1.82) is 5.26 Å². The average molecular weight is 265 g/mol. The lowest BCUT2D eigenvalue weighted by atomic mass is 10.1. The van der Waals surface area contributed by atoms with Gasteiger partial charge in [-0.3, -0.25) is 0 Å². The molecule has 0 fully saturated rings. The quantitative estimate of drug-likeness (QED) is 0.762. The molecule has 0 saturated heterocycles. The molecule has 0 unspecified atom stereocenters. The van der Waals surface area contributed by atoms with E-state index >= 15 is 0 Å². The van der Waals surface area contributed by atoms with Crippen molar-refractivity contribution in [2.45, 2.75) is 0 Å². The van der Waals surface area contributed by atoms with Gasteiger partial charge in [-0.1, -0.05) is 0 Å². The predicted octanol–water partition coefficient (Wildman–Crippen LogP) is 1.60. The van der Waals surface area contributed by atoms with Crippen molar-refractivity contribution in [2.24, 2.45) is 0 Å². The second-order valence-corrected chi connectivity index (χ2v) is 3.56. The lowest BCUT2D eigenvalue weighted by molar-refractivity contribution is 0.447. The Kier molecular flexibility index (Phi) is 2.96. The molecule has 0 spiro atoms. The van der Waals surface area contributed by atoms with Crippen LogP contribution in [0.15, 0.2) is 12.1 Å². The first kappa shape index (κ1) is 12.6. The molecule has 8 heteroatoms. The molecule has 2 rings (SSSR count). The maximum atomic E-state index is 13.2. The van der Waals surface area contributed by atoms with Crippen LogP contribution < -0.4 is 11.5 Å². The summed E-state index contributed by atoms with van der Waals surface area (Å²) in [5.41, 5.74) is 10.3. The number of hydrogen-bond acceptors (Lipinski definition) is 5. The topological polar surface area (TPSA) is 102 Å². The Bertz CT molecular complexity index is 685. The number of hydrogen-bond donors (Lipinski definition) is 2. The first-order valence-electron chi connectivity index (χ1n) is 4.92. The highest BCUT2D eigenvalue weighted by atomic mass is 19.2.